The van der Waals surface area contributed by atoms with Crippen LogP contribution in [0.15, 0.2) is 42.5 Å². The molecule has 3 fully saturated rings. The minimum absolute atomic E-state index is 0.0672. The summed E-state index contributed by atoms with van der Waals surface area (Å²) in [6.45, 7) is 5.56. The first-order valence-corrected chi connectivity index (χ1v) is 13.9. The highest BCUT2D eigenvalue weighted by atomic mass is 19.4. The molecular weight excluding hydrogens is 463 g/mol. The number of benzene rings is 1. The van der Waals surface area contributed by atoms with Crippen LogP contribution in [0.5, 0.6) is 0 Å². The second-order valence-electron chi connectivity index (χ2n) is 11.4. The second kappa shape index (κ2) is 10.1. The first-order chi connectivity index (χ1) is 17.5. The van der Waals surface area contributed by atoms with Crippen molar-refractivity contribution >= 4 is 5.69 Å². The Morgan fingerprint density at radius 2 is 1.78 bits per heavy atom. The minimum atomic E-state index is -4.36. The summed E-state index contributed by atoms with van der Waals surface area (Å²) in [6.07, 6.45) is 12.0. The normalized spacial score (nSPS) is 33.8. The zero-order chi connectivity index (χ0) is 24.7. The molecule has 4 aliphatic heterocycles. The SMILES string of the molecule is FC(F)(F)c1ccc2c(c1)[C@H]1O[C@@H](CN3CCC(N4CCCC4)CC3)CC[C@H]1[C@H](C1C=CC=CC1)N2. The summed E-state index contributed by atoms with van der Waals surface area (Å²) in [4.78, 5) is 5.19. The van der Waals surface area contributed by atoms with Crippen molar-refractivity contribution in [3.63, 3.8) is 0 Å². The number of nitrogens with zero attached hydrogens (tertiary/aromatic N) is 2. The predicted octanol–water partition coefficient (Wildman–Crippen LogP) is 6.03. The van der Waals surface area contributed by atoms with E-state index in [9.17, 15) is 13.2 Å². The number of rotatable bonds is 4. The van der Waals surface area contributed by atoms with Gasteiger partial charge >= 0.3 is 6.18 Å². The number of hydrogen-bond donors (Lipinski definition) is 1. The highest BCUT2D eigenvalue weighted by Gasteiger charge is 2.45. The summed E-state index contributed by atoms with van der Waals surface area (Å²) in [7, 11) is 0. The van der Waals surface area contributed by atoms with Gasteiger partial charge in [-0.05, 0) is 89.3 Å². The van der Waals surface area contributed by atoms with Crippen molar-refractivity contribution in [3.05, 3.63) is 53.6 Å². The number of ether oxygens (including phenoxy) is 1. The van der Waals surface area contributed by atoms with Crippen molar-refractivity contribution in [1.29, 1.82) is 0 Å². The third-order valence-corrected chi connectivity index (χ3v) is 9.17. The number of piperidine rings is 1. The van der Waals surface area contributed by atoms with Crippen LogP contribution in [0.25, 0.3) is 0 Å². The Morgan fingerprint density at radius 1 is 0.972 bits per heavy atom. The van der Waals surface area contributed by atoms with Crippen LogP contribution in [0.3, 0.4) is 0 Å². The Hall–Kier alpha value is -1.83. The molecule has 6 rings (SSSR count). The summed E-state index contributed by atoms with van der Waals surface area (Å²) < 4.78 is 47.5. The molecule has 0 radical (unpaired) electrons. The van der Waals surface area contributed by atoms with Crippen molar-refractivity contribution in [2.45, 2.75) is 75.4 Å². The average molecular weight is 502 g/mol. The molecule has 3 saturated heterocycles. The van der Waals surface area contributed by atoms with E-state index < -0.39 is 11.7 Å². The van der Waals surface area contributed by atoms with Gasteiger partial charge in [0.25, 0.3) is 0 Å². The van der Waals surface area contributed by atoms with E-state index in [1.165, 1.54) is 50.9 Å². The first-order valence-electron chi connectivity index (χ1n) is 13.9. The monoisotopic (exact) mass is 501 g/mol. The van der Waals surface area contributed by atoms with E-state index in [0.29, 0.717) is 11.5 Å². The van der Waals surface area contributed by atoms with Gasteiger partial charge in [-0.25, -0.2) is 0 Å². The number of hydrogen-bond acceptors (Lipinski definition) is 4. The van der Waals surface area contributed by atoms with Gasteiger partial charge in [0, 0.05) is 41.7 Å². The van der Waals surface area contributed by atoms with Crippen LogP contribution < -0.4 is 5.32 Å². The summed E-state index contributed by atoms with van der Waals surface area (Å²) in [6, 6.07) is 5.02. The maximum absolute atomic E-state index is 13.6. The number of alkyl halides is 3. The minimum Gasteiger partial charge on any atom is -0.381 e. The zero-order valence-corrected chi connectivity index (χ0v) is 20.9. The number of likely N-dealkylation sites (tertiary alicyclic amines) is 2. The third-order valence-electron chi connectivity index (χ3n) is 9.17. The molecule has 1 aliphatic carbocycles. The molecule has 0 bridgehead atoms. The van der Waals surface area contributed by atoms with E-state index in [1.807, 2.05) is 0 Å². The maximum Gasteiger partial charge on any atom is 0.416 e. The van der Waals surface area contributed by atoms with Crippen molar-refractivity contribution in [2.75, 3.05) is 38.0 Å². The summed E-state index contributed by atoms with van der Waals surface area (Å²) in [5.74, 6) is 0.488. The molecule has 4 heterocycles. The largest absolute Gasteiger partial charge is 0.416 e. The van der Waals surface area contributed by atoms with Gasteiger partial charge in [0.1, 0.15) is 0 Å². The Kier molecular flexibility index (Phi) is 6.91. The molecule has 1 unspecified atom stereocenters. The van der Waals surface area contributed by atoms with Crippen molar-refractivity contribution in [3.8, 4) is 0 Å². The second-order valence-corrected chi connectivity index (χ2v) is 11.4. The average Bonchev–Trinajstić information content (AvgIpc) is 3.43. The summed E-state index contributed by atoms with van der Waals surface area (Å²) >= 11 is 0. The van der Waals surface area contributed by atoms with Crippen LogP contribution in [0.1, 0.15) is 62.2 Å². The number of halogens is 3. The van der Waals surface area contributed by atoms with Gasteiger partial charge in [0.2, 0.25) is 0 Å². The number of allylic oxidation sites excluding steroid dienone is 3. The van der Waals surface area contributed by atoms with Crippen LogP contribution in [0.4, 0.5) is 18.9 Å². The smallest absolute Gasteiger partial charge is 0.381 e. The summed E-state index contributed by atoms with van der Waals surface area (Å²) in [5.41, 5.74) is 0.888. The van der Waals surface area contributed by atoms with Gasteiger partial charge in [0.15, 0.2) is 0 Å². The molecule has 0 saturated carbocycles. The van der Waals surface area contributed by atoms with Crippen LogP contribution in [0.2, 0.25) is 0 Å². The van der Waals surface area contributed by atoms with Gasteiger partial charge in [0.05, 0.1) is 17.8 Å². The van der Waals surface area contributed by atoms with Crippen LogP contribution in [-0.2, 0) is 10.9 Å². The van der Waals surface area contributed by atoms with Crippen LogP contribution in [0, 0.1) is 11.8 Å². The lowest BCUT2D eigenvalue weighted by Gasteiger charge is -2.48. The Labute approximate surface area is 212 Å². The lowest BCUT2D eigenvalue weighted by Crippen LogP contribution is -2.50. The molecule has 0 spiro atoms. The van der Waals surface area contributed by atoms with E-state index in [-0.39, 0.29) is 24.2 Å². The van der Waals surface area contributed by atoms with E-state index in [1.54, 1.807) is 6.07 Å². The fourth-order valence-electron chi connectivity index (χ4n) is 7.26. The van der Waals surface area contributed by atoms with Crippen LogP contribution >= 0.6 is 0 Å². The Balaban J connectivity index is 1.18. The molecule has 5 aliphatic rings. The molecular formula is C29H38F3N3O. The molecule has 4 nitrogen and oxygen atoms in total. The van der Waals surface area contributed by atoms with Gasteiger partial charge in [-0.15, -0.1) is 0 Å². The number of nitrogens with one attached hydrogen (secondary N) is 1. The highest BCUT2D eigenvalue weighted by Crippen LogP contribution is 2.49. The maximum atomic E-state index is 13.6. The lowest BCUT2D eigenvalue weighted by molar-refractivity contribution is -0.138. The molecule has 36 heavy (non-hydrogen) atoms. The standard InChI is InChI=1S/C29H38F3N3O/c30-29(31,32)21-8-11-26-25(18-21)28-24(27(33-26)20-6-2-1-3-7-20)10-9-23(36-28)19-34-16-12-22(13-17-34)35-14-4-5-15-35/h1-3,6,8,11,18,20,22-24,27-28,33H,4-5,7,9-10,12-17,19H2/t20?,23-,24+,27+,28+/m1/s1. The van der Waals surface area contributed by atoms with E-state index in [0.717, 1.165) is 50.6 Å². The zero-order valence-electron chi connectivity index (χ0n) is 20.9. The van der Waals surface area contributed by atoms with Gasteiger partial charge in [-0.2, -0.15) is 13.2 Å². The lowest BCUT2D eigenvalue weighted by atomic mass is 9.73. The van der Waals surface area contributed by atoms with Gasteiger partial charge < -0.3 is 19.9 Å². The molecule has 1 aromatic carbocycles. The van der Waals surface area contributed by atoms with Crippen molar-refractivity contribution in [2.24, 2.45) is 11.8 Å². The van der Waals surface area contributed by atoms with Crippen molar-refractivity contribution in [1.82, 2.24) is 9.80 Å². The fraction of sp³-hybridized carbons (Fsp3) is 0.655. The van der Waals surface area contributed by atoms with Gasteiger partial charge in [-0.1, -0.05) is 24.3 Å². The Morgan fingerprint density at radius 3 is 2.50 bits per heavy atom. The topological polar surface area (TPSA) is 27.7 Å². The molecule has 5 atom stereocenters. The first kappa shape index (κ1) is 24.5. The van der Waals surface area contributed by atoms with Crippen LogP contribution in [-0.4, -0.2) is 60.7 Å². The van der Waals surface area contributed by atoms with Gasteiger partial charge in [-0.3, -0.25) is 0 Å². The molecule has 7 heteroatoms. The highest BCUT2D eigenvalue weighted by molar-refractivity contribution is 5.58. The number of fused-ring (bicyclic) bond motifs is 3. The summed E-state index contributed by atoms with van der Waals surface area (Å²) in [5, 5.41) is 3.62. The van der Waals surface area contributed by atoms with E-state index in [4.69, 9.17) is 4.74 Å². The van der Waals surface area contributed by atoms with E-state index >= 15 is 0 Å². The molecule has 196 valence electrons. The third kappa shape index (κ3) is 4.99. The quantitative estimate of drug-likeness (QED) is 0.545. The Bertz CT molecular complexity index is 978. The molecule has 0 aromatic heterocycles. The number of anilines is 1. The molecule has 1 N–H and O–H groups in total. The molecule has 1 aromatic rings. The predicted molar refractivity (Wildman–Crippen MR) is 136 cm³/mol. The molecule has 0 amide bonds. The fourth-order valence-corrected chi connectivity index (χ4v) is 7.26. The van der Waals surface area contributed by atoms with Crippen molar-refractivity contribution < 1.29 is 17.9 Å². The van der Waals surface area contributed by atoms with E-state index in [2.05, 4.69) is 39.4 Å².